The van der Waals surface area contributed by atoms with Gasteiger partial charge in [0.25, 0.3) is 0 Å². The molecule has 112 valence electrons. The molecular weight excluding hydrogens is 256 g/mol. The normalized spacial score (nSPS) is 16.1. The van der Waals surface area contributed by atoms with Crippen molar-refractivity contribution in [3.05, 3.63) is 42.0 Å². The fourth-order valence-electron chi connectivity index (χ4n) is 3.61. The fraction of sp³-hybridized carbons (Fsp3) is 0.500. The van der Waals surface area contributed by atoms with Gasteiger partial charge in [-0.3, -0.25) is 0 Å². The highest BCUT2D eigenvalue weighted by Crippen LogP contribution is 2.54. The minimum absolute atomic E-state index is 0.458. The molecule has 0 aliphatic heterocycles. The zero-order valence-corrected chi connectivity index (χ0v) is 13.3. The summed E-state index contributed by atoms with van der Waals surface area (Å²) in [5.41, 5.74) is 2.01. The Labute approximate surface area is 128 Å². The average molecular weight is 282 g/mol. The number of fused-ring (bicyclic) bond motifs is 1. The van der Waals surface area contributed by atoms with Crippen LogP contribution in [0.4, 0.5) is 0 Å². The largest absolute Gasteiger partial charge is 0.496 e. The molecule has 0 saturated heterocycles. The summed E-state index contributed by atoms with van der Waals surface area (Å²) in [6.45, 7) is 2.28. The Bertz CT molecular complexity index is 610. The Balaban J connectivity index is 1.90. The van der Waals surface area contributed by atoms with E-state index in [1.165, 1.54) is 55.7 Å². The zero-order valence-electron chi connectivity index (χ0n) is 13.3. The van der Waals surface area contributed by atoms with Gasteiger partial charge >= 0.3 is 0 Å². The van der Waals surface area contributed by atoms with E-state index >= 15 is 0 Å². The van der Waals surface area contributed by atoms with Gasteiger partial charge in [0.1, 0.15) is 5.75 Å². The molecule has 1 aliphatic carbocycles. The topological polar surface area (TPSA) is 9.23 Å². The molecule has 0 heterocycles. The first-order valence-corrected chi connectivity index (χ1v) is 8.37. The highest BCUT2D eigenvalue weighted by Gasteiger charge is 2.44. The molecular formula is C20H26O. The number of benzene rings is 2. The van der Waals surface area contributed by atoms with Crippen LogP contribution in [-0.4, -0.2) is 7.11 Å². The van der Waals surface area contributed by atoms with Gasteiger partial charge in [0.05, 0.1) is 7.11 Å². The molecule has 1 nitrogen and oxygen atoms in total. The Hall–Kier alpha value is -1.50. The van der Waals surface area contributed by atoms with E-state index in [-0.39, 0.29) is 0 Å². The third-order valence-electron chi connectivity index (χ3n) is 5.04. The van der Waals surface area contributed by atoms with Crippen LogP contribution in [-0.2, 0) is 5.41 Å². The smallest absolute Gasteiger partial charge is 0.126 e. The van der Waals surface area contributed by atoms with Gasteiger partial charge < -0.3 is 4.74 Å². The Morgan fingerprint density at radius 3 is 2.38 bits per heavy atom. The lowest BCUT2D eigenvalue weighted by atomic mass is 9.86. The van der Waals surface area contributed by atoms with Gasteiger partial charge in [-0.1, -0.05) is 62.9 Å². The first-order valence-electron chi connectivity index (χ1n) is 8.37. The second kappa shape index (κ2) is 6.09. The minimum atomic E-state index is 0.458. The quantitative estimate of drug-likeness (QED) is 0.579. The summed E-state index contributed by atoms with van der Waals surface area (Å²) < 4.78 is 5.53. The molecule has 21 heavy (non-hydrogen) atoms. The molecule has 1 heteroatoms. The molecule has 0 radical (unpaired) electrons. The predicted octanol–water partition coefficient (Wildman–Crippen LogP) is 5.85. The predicted molar refractivity (Wildman–Crippen MR) is 90.2 cm³/mol. The molecule has 0 spiro atoms. The van der Waals surface area contributed by atoms with E-state index in [1.807, 2.05) is 0 Å². The molecule has 1 aliphatic rings. The van der Waals surface area contributed by atoms with Crippen molar-refractivity contribution in [1.82, 2.24) is 0 Å². The molecule has 0 bridgehead atoms. The summed E-state index contributed by atoms with van der Waals surface area (Å²) in [5.74, 6) is 0.996. The van der Waals surface area contributed by atoms with Crippen LogP contribution in [0.25, 0.3) is 10.8 Å². The van der Waals surface area contributed by atoms with E-state index in [1.54, 1.807) is 12.7 Å². The van der Waals surface area contributed by atoms with E-state index in [2.05, 4.69) is 43.3 Å². The molecule has 2 aromatic rings. The maximum Gasteiger partial charge on any atom is 0.126 e. The standard InChI is InChI=1S/C20H26O/c1-3-4-5-8-13-20(14-15-20)18-11-12-19(21-2)17-10-7-6-9-16(17)18/h6-7,9-12H,3-5,8,13-15H2,1-2H3. The molecule has 0 atom stereocenters. The lowest BCUT2D eigenvalue weighted by Gasteiger charge is -2.19. The number of methoxy groups -OCH3 is 1. The van der Waals surface area contributed by atoms with Gasteiger partial charge in [-0.2, -0.15) is 0 Å². The van der Waals surface area contributed by atoms with Crippen LogP contribution in [0.3, 0.4) is 0 Å². The molecule has 0 N–H and O–H groups in total. The zero-order chi connectivity index (χ0) is 14.7. The Morgan fingerprint density at radius 1 is 0.952 bits per heavy atom. The van der Waals surface area contributed by atoms with Crippen LogP contribution in [0.1, 0.15) is 57.4 Å². The summed E-state index contributed by atoms with van der Waals surface area (Å²) in [6, 6.07) is 13.2. The van der Waals surface area contributed by atoms with Gasteiger partial charge in [-0.25, -0.2) is 0 Å². The summed E-state index contributed by atoms with van der Waals surface area (Å²) in [7, 11) is 1.76. The molecule has 0 amide bonds. The first-order chi connectivity index (χ1) is 10.3. The SMILES string of the molecule is CCCCCCC1(c2ccc(OC)c3ccccc23)CC1. The summed E-state index contributed by atoms with van der Waals surface area (Å²) in [4.78, 5) is 0. The maximum absolute atomic E-state index is 5.53. The van der Waals surface area contributed by atoms with Crippen molar-refractivity contribution in [3.8, 4) is 5.75 Å². The van der Waals surface area contributed by atoms with Crippen molar-refractivity contribution >= 4 is 10.8 Å². The van der Waals surface area contributed by atoms with Gasteiger partial charge in [0.15, 0.2) is 0 Å². The molecule has 0 aromatic heterocycles. The van der Waals surface area contributed by atoms with Crippen LogP contribution < -0.4 is 4.74 Å². The summed E-state index contributed by atoms with van der Waals surface area (Å²) in [6.07, 6.45) is 9.51. The van der Waals surface area contributed by atoms with Crippen molar-refractivity contribution < 1.29 is 4.74 Å². The average Bonchev–Trinajstić information content (AvgIpc) is 3.31. The van der Waals surface area contributed by atoms with E-state index in [0.717, 1.165) is 5.75 Å². The van der Waals surface area contributed by atoms with Gasteiger partial charge in [-0.05, 0) is 41.7 Å². The number of hydrogen-bond donors (Lipinski definition) is 0. The second-order valence-corrected chi connectivity index (χ2v) is 6.45. The van der Waals surface area contributed by atoms with Crippen molar-refractivity contribution in [3.63, 3.8) is 0 Å². The van der Waals surface area contributed by atoms with Crippen LogP contribution in [0.2, 0.25) is 0 Å². The Kier molecular flexibility index (Phi) is 4.19. The first kappa shape index (κ1) is 14.4. The van der Waals surface area contributed by atoms with E-state index in [4.69, 9.17) is 4.74 Å². The molecule has 1 fully saturated rings. The van der Waals surface area contributed by atoms with Crippen LogP contribution in [0.15, 0.2) is 36.4 Å². The Morgan fingerprint density at radius 2 is 1.71 bits per heavy atom. The summed E-state index contributed by atoms with van der Waals surface area (Å²) in [5, 5.41) is 2.65. The van der Waals surface area contributed by atoms with Gasteiger partial charge in [0.2, 0.25) is 0 Å². The van der Waals surface area contributed by atoms with Crippen molar-refractivity contribution in [2.45, 2.75) is 57.3 Å². The second-order valence-electron chi connectivity index (χ2n) is 6.45. The highest BCUT2D eigenvalue weighted by atomic mass is 16.5. The van der Waals surface area contributed by atoms with Crippen LogP contribution in [0, 0.1) is 0 Å². The van der Waals surface area contributed by atoms with E-state index in [0.29, 0.717) is 5.41 Å². The number of rotatable bonds is 7. The van der Waals surface area contributed by atoms with Crippen molar-refractivity contribution in [2.75, 3.05) is 7.11 Å². The number of hydrogen-bond acceptors (Lipinski definition) is 1. The maximum atomic E-state index is 5.53. The number of ether oxygens (including phenoxy) is 1. The van der Waals surface area contributed by atoms with Gasteiger partial charge in [-0.15, -0.1) is 0 Å². The third kappa shape index (κ3) is 2.79. The van der Waals surface area contributed by atoms with Gasteiger partial charge in [0, 0.05) is 5.39 Å². The van der Waals surface area contributed by atoms with Crippen LogP contribution in [0.5, 0.6) is 5.75 Å². The number of unbranched alkanes of at least 4 members (excludes halogenated alkanes) is 3. The van der Waals surface area contributed by atoms with E-state index < -0.39 is 0 Å². The van der Waals surface area contributed by atoms with Crippen LogP contribution >= 0.6 is 0 Å². The monoisotopic (exact) mass is 282 g/mol. The van der Waals surface area contributed by atoms with E-state index in [9.17, 15) is 0 Å². The molecule has 3 rings (SSSR count). The molecule has 1 saturated carbocycles. The summed E-state index contributed by atoms with van der Waals surface area (Å²) >= 11 is 0. The third-order valence-corrected chi connectivity index (χ3v) is 5.04. The van der Waals surface area contributed by atoms with Crippen molar-refractivity contribution in [1.29, 1.82) is 0 Å². The lowest BCUT2D eigenvalue weighted by Crippen LogP contribution is -2.07. The minimum Gasteiger partial charge on any atom is -0.496 e. The van der Waals surface area contributed by atoms with Crippen molar-refractivity contribution in [2.24, 2.45) is 0 Å². The fourth-order valence-corrected chi connectivity index (χ4v) is 3.61. The molecule has 0 unspecified atom stereocenters. The molecule has 2 aromatic carbocycles. The highest BCUT2D eigenvalue weighted by molar-refractivity contribution is 5.92. The lowest BCUT2D eigenvalue weighted by molar-refractivity contribution is 0.419.